The van der Waals surface area contributed by atoms with E-state index in [1.807, 2.05) is 62.4 Å². The summed E-state index contributed by atoms with van der Waals surface area (Å²) in [6.45, 7) is 6.06. The van der Waals surface area contributed by atoms with E-state index in [-0.39, 0.29) is 24.0 Å². The molecule has 2 N–H and O–H groups in total. The molecule has 34 heavy (non-hydrogen) atoms. The van der Waals surface area contributed by atoms with Crippen molar-refractivity contribution in [3.8, 4) is 0 Å². The molecule has 0 aromatic heterocycles. The molecule has 3 aromatic carbocycles. The van der Waals surface area contributed by atoms with Gasteiger partial charge in [-0.3, -0.25) is 5.32 Å². The number of carbonyl (C=O) groups excluding carboxylic acids is 1. The molecule has 0 fully saturated rings. The van der Waals surface area contributed by atoms with Crippen molar-refractivity contribution in [2.75, 3.05) is 6.61 Å². The van der Waals surface area contributed by atoms with Crippen LogP contribution in [0.3, 0.4) is 0 Å². The van der Waals surface area contributed by atoms with Crippen molar-refractivity contribution >= 4 is 29.3 Å². The second-order valence-electron chi connectivity index (χ2n) is 8.41. The standard InChI is InChI=1S/C28H28ClNO3S/c1-4-33-28(32)23-24(19-9-5-17(2)6-10-19)30-25(20-11-7-18(3)8-12-20)27(26(23)31)34-22-15-13-21(29)14-16-22/h5-16,24-25,27,30-31H,4H2,1-3H3/t24-,25+,27-/m1/s1. The van der Waals surface area contributed by atoms with Gasteiger partial charge in [-0.05, 0) is 56.2 Å². The highest BCUT2D eigenvalue weighted by molar-refractivity contribution is 8.00. The van der Waals surface area contributed by atoms with E-state index >= 15 is 0 Å². The summed E-state index contributed by atoms with van der Waals surface area (Å²) < 4.78 is 5.37. The lowest BCUT2D eigenvalue weighted by Gasteiger charge is -2.38. The van der Waals surface area contributed by atoms with Gasteiger partial charge in [0.2, 0.25) is 0 Å². The molecule has 1 aliphatic rings. The van der Waals surface area contributed by atoms with Gasteiger partial charge in [0.25, 0.3) is 0 Å². The monoisotopic (exact) mass is 493 g/mol. The SMILES string of the molecule is CCOC(=O)C1=C(O)[C@H](Sc2ccc(Cl)cc2)[C@H](c2ccc(C)cc2)N[C@@H]1c1ccc(C)cc1. The number of halogens is 1. The first-order valence-electron chi connectivity index (χ1n) is 11.3. The molecule has 0 radical (unpaired) electrons. The molecule has 176 valence electrons. The zero-order chi connectivity index (χ0) is 24.2. The third-order valence-corrected chi connectivity index (χ3v) is 7.45. The van der Waals surface area contributed by atoms with Crippen LogP contribution in [0.1, 0.15) is 41.3 Å². The van der Waals surface area contributed by atoms with Crippen LogP contribution in [0.4, 0.5) is 0 Å². The Labute approximate surface area is 210 Å². The Hall–Kier alpha value is -2.73. The van der Waals surface area contributed by atoms with Crippen molar-refractivity contribution in [2.45, 2.75) is 43.0 Å². The minimum atomic E-state index is -0.512. The normalized spacial score (nSPS) is 20.3. The van der Waals surface area contributed by atoms with E-state index in [1.54, 1.807) is 6.92 Å². The quantitative estimate of drug-likeness (QED) is 0.366. The molecule has 1 aliphatic heterocycles. The largest absolute Gasteiger partial charge is 0.510 e. The molecule has 0 amide bonds. The molecule has 0 bridgehead atoms. The summed E-state index contributed by atoms with van der Waals surface area (Å²) in [4.78, 5) is 14.0. The number of carbonyl (C=O) groups is 1. The van der Waals surface area contributed by atoms with Gasteiger partial charge in [-0.25, -0.2) is 4.79 Å². The van der Waals surface area contributed by atoms with E-state index in [2.05, 4.69) is 29.6 Å². The first-order chi connectivity index (χ1) is 16.4. The fourth-order valence-electron chi connectivity index (χ4n) is 4.09. The van der Waals surface area contributed by atoms with Gasteiger partial charge in [0.1, 0.15) is 5.76 Å². The summed E-state index contributed by atoms with van der Waals surface area (Å²) in [7, 11) is 0. The number of rotatable bonds is 6. The maximum atomic E-state index is 13.1. The lowest BCUT2D eigenvalue weighted by molar-refractivity contribution is -0.139. The number of thioether (sulfide) groups is 1. The van der Waals surface area contributed by atoms with Gasteiger partial charge in [0, 0.05) is 9.92 Å². The van der Waals surface area contributed by atoms with Crippen LogP contribution in [-0.2, 0) is 9.53 Å². The minimum absolute atomic E-state index is 0.0355. The van der Waals surface area contributed by atoms with Crippen molar-refractivity contribution in [3.05, 3.63) is 111 Å². The van der Waals surface area contributed by atoms with Crippen LogP contribution in [0, 0.1) is 13.8 Å². The Balaban J connectivity index is 1.84. The molecular weight excluding hydrogens is 466 g/mol. The number of aryl methyl sites for hydroxylation is 2. The second kappa shape index (κ2) is 10.7. The zero-order valence-corrected chi connectivity index (χ0v) is 21.0. The number of hydrogen-bond acceptors (Lipinski definition) is 5. The van der Waals surface area contributed by atoms with Gasteiger partial charge >= 0.3 is 5.97 Å². The highest BCUT2D eigenvalue weighted by Crippen LogP contribution is 2.44. The molecule has 3 atom stereocenters. The molecule has 0 unspecified atom stereocenters. The number of aliphatic hydroxyl groups is 1. The van der Waals surface area contributed by atoms with Crippen molar-refractivity contribution in [3.63, 3.8) is 0 Å². The van der Waals surface area contributed by atoms with Crippen LogP contribution in [0.25, 0.3) is 0 Å². The van der Waals surface area contributed by atoms with Crippen LogP contribution < -0.4 is 5.32 Å². The highest BCUT2D eigenvalue weighted by atomic mass is 35.5. The Bertz CT molecular complexity index is 1170. The van der Waals surface area contributed by atoms with Crippen molar-refractivity contribution in [1.82, 2.24) is 5.32 Å². The number of benzene rings is 3. The Morgan fingerprint density at radius 2 is 1.50 bits per heavy atom. The van der Waals surface area contributed by atoms with Crippen LogP contribution >= 0.6 is 23.4 Å². The highest BCUT2D eigenvalue weighted by Gasteiger charge is 2.42. The fraction of sp³-hybridized carbons (Fsp3) is 0.250. The predicted octanol–water partition coefficient (Wildman–Crippen LogP) is 6.88. The molecule has 6 heteroatoms. The first kappa shape index (κ1) is 24.4. The third-order valence-electron chi connectivity index (χ3n) is 5.90. The number of nitrogens with one attached hydrogen (secondary N) is 1. The maximum Gasteiger partial charge on any atom is 0.339 e. The Morgan fingerprint density at radius 3 is 2.06 bits per heavy atom. The summed E-state index contributed by atoms with van der Waals surface area (Å²) in [5.41, 5.74) is 4.46. The van der Waals surface area contributed by atoms with Crippen LogP contribution in [0.15, 0.2) is 89.0 Å². The minimum Gasteiger partial charge on any atom is -0.510 e. The lowest BCUT2D eigenvalue weighted by atomic mass is 9.87. The molecular formula is C28H28ClNO3S. The van der Waals surface area contributed by atoms with Gasteiger partial charge in [0.05, 0.1) is 29.5 Å². The van der Waals surface area contributed by atoms with E-state index in [4.69, 9.17) is 16.3 Å². The molecule has 0 aliphatic carbocycles. The van der Waals surface area contributed by atoms with Crippen LogP contribution in [-0.4, -0.2) is 22.9 Å². The summed E-state index contributed by atoms with van der Waals surface area (Å²) >= 11 is 7.57. The van der Waals surface area contributed by atoms with Crippen molar-refractivity contribution < 1.29 is 14.6 Å². The predicted molar refractivity (Wildman–Crippen MR) is 138 cm³/mol. The van der Waals surface area contributed by atoms with Crippen molar-refractivity contribution in [1.29, 1.82) is 0 Å². The zero-order valence-electron chi connectivity index (χ0n) is 19.4. The summed E-state index contributed by atoms with van der Waals surface area (Å²) in [5.74, 6) is -0.476. The van der Waals surface area contributed by atoms with Gasteiger partial charge in [-0.2, -0.15) is 0 Å². The Morgan fingerprint density at radius 1 is 0.941 bits per heavy atom. The molecule has 1 heterocycles. The molecule has 3 aromatic rings. The van der Waals surface area contributed by atoms with Gasteiger partial charge < -0.3 is 9.84 Å². The van der Waals surface area contributed by atoms with E-state index in [1.165, 1.54) is 11.8 Å². The van der Waals surface area contributed by atoms with Crippen molar-refractivity contribution in [2.24, 2.45) is 0 Å². The molecule has 4 rings (SSSR count). The van der Waals surface area contributed by atoms with E-state index in [0.29, 0.717) is 5.02 Å². The average molecular weight is 494 g/mol. The van der Waals surface area contributed by atoms with E-state index < -0.39 is 17.3 Å². The Kier molecular flexibility index (Phi) is 7.67. The average Bonchev–Trinajstić information content (AvgIpc) is 2.82. The van der Waals surface area contributed by atoms with Gasteiger partial charge in [-0.1, -0.05) is 71.3 Å². The molecule has 4 nitrogen and oxygen atoms in total. The van der Waals surface area contributed by atoms with E-state index in [0.717, 1.165) is 27.1 Å². The topological polar surface area (TPSA) is 58.6 Å². The number of esters is 1. The molecule has 0 saturated heterocycles. The number of ether oxygens (including phenoxy) is 1. The first-order valence-corrected chi connectivity index (χ1v) is 12.5. The number of hydrogen-bond donors (Lipinski definition) is 2. The summed E-state index contributed by atoms with van der Waals surface area (Å²) in [6.07, 6.45) is 0. The summed E-state index contributed by atoms with van der Waals surface area (Å²) in [6, 6.07) is 23.0. The fourth-order valence-corrected chi connectivity index (χ4v) is 5.41. The lowest BCUT2D eigenvalue weighted by Crippen LogP contribution is -2.43. The van der Waals surface area contributed by atoms with Crippen LogP contribution in [0.2, 0.25) is 5.02 Å². The third kappa shape index (κ3) is 5.33. The van der Waals surface area contributed by atoms with E-state index in [9.17, 15) is 9.90 Å². The molecule has 0 spiro atoms. The van der Waals surface area contributed by atoms with Gasteiger partial charge in [0.15, 0.2) is 0 Å². The second-order valence-corrected chi connectivity index (χ2v) is 10.1. The number of aliphatic hydroxyl groups excluding tert-OH is 1. The summed E-state index contributed by atoms with van der Waals surface area (Å²) in [5, 5.41) is 15.5. The maximum absolute atomic E-state index is 13.1. The van der Waals surface area contributed by atoms with Gasteiger partial charge in [-0.15, -0.1) is 11.8 Å². The van der Waals surface area contributed by atoms with Crippen LogP contribution in [0.5, 0.6) is 0 Å². The smallest absolute Gasteiger partial charge is 0.339 e. The molecule has 0 saturated carbocycles.